The number of fused-ring (bicyclic) bond motifs is 1. The van der Waals surface area contributed by atoms with Crippen molar-refractivity contribution in [2.24, 2.45) is 0 Å². The standard InChI is InChI=1S/C27H28ClN3O4/c1-3-35-26-13-18(7-10-25(26)32)17-31(27(33)30-21-6-4-5-20(28)14-21)12-11-19-16-29-24-9-8-22(34-2)15-23(19)24/h4-10,13-16,29,32H,3,11-12,17H2,1-2H3,(H,30,33). The Bertz CT molecular complexity index is 1320. The van der Waals surface area contributed by atoms with Crippen molar-refractivity contribution in [3.8, 4) is 17.2 Å². The highest BCUT2D eigenvalue weighted by molar-refractivity contribution is 6.30. The number of nitrogens with zero attached hydrogens (tertiary/aromatic N) is 1. The number of H-pyrrole nitrogens is 1. The second-order valence-corrected chi connectivity index (χ2v) is 8.51. The lowest BCUT2D eigenvalue weighted by molar-refractivity contribution is 0.209. The van der Waals surface area contributed by atoms with E-state index in [4.69, 9.17) is 21.1 Å². The number of phenolic OH excluding ortho intramolecular Hbond substituents is 1. The second-order valence-electron chi connectivity index (χ2n) is 8.07. The van der Waals surface area contributed by atoms with Crippen LogP contribution in [0.3, 0.4) is 0 Å². The maximum atomic E-state index is 13.3. The lowest BCUT2D eigenvalue weighted by Crippen LogP contribution is -2.36. The molecule has 0 atom stereocenters. The second kappa shape index (κ2) is 11.1. The van der Waals surface area contributed by atoms with Crippen LogP contribution in [0.4, 0.5) is 10.5 Å². The fraction of sp³-hybridized carbons (Fsp3) is 0.222. The molecule has 0 fully saturated rings. The number of urea groups is 1. The van der Waals surface area contributed by atoms with Crippen molar-refractivity contribution in [2.45, 2.75) is 19.9 Å². The van der Waals surface area contributed by atoms with Crippen LogP contribution in [0.15, 0.2) is 66.9 Å². The van der Waals surface area contributed by atoms with Gasteiger partial charge in [0.05, 0.1) is 13.7 Å². The summed E-state index contributed by atoms with van der Waals surface area (Å²) in [5.41, 5.74) is 3.55. The molecule has 2 amide bonds. The third-order valence-electron chi connectivity index (χ3n) is 5.69. The summed E-state index contributed by atoms with van der Waals surface area (Å²) in [5, 5.41) is 14.6. The van der Waals surface area contributed by atoms with Gasteiger partial charge in [-0.05, 0) is 73.0 Å². The lowest BCUT2D eigenvalue weighted by Gasteiger charge is -2.24. The molecular formula is C27H28ClN3O4. The largest absolute Gasteiger partial charge is 0.504 e. The first-order chi connectivity index (χ1) is 17.0. The molecule has 1 aromatic heterocycles. The molecule has 0 aliphatic rings. The molecule has 0 aliphatic heterocycles. The molecule has 8 heteroatoms. The molecule has 1 heterocycles. The minimum Gasteiger partial charge on any atom is -0.504 e. The summed E-state index contributed by atoms with van der Waals surface area (Å²) in [6.45, 7) is 3.08. The fourth-order valence-corrected chi connectivity index (χ4v) is 4.11. The number of methoxy groups -OCH3 is 1. The van der Waals surface area contributed by atoms with Gasteiger partial charge in [0.2, 0.25) is 0 Å². The Morgan fingerprint density at radius 2 is 2.00 bits per heavy atom. The van der Waals surface area contributed by atoms with Crippen molar-refractivity contribution in [3.63, 3.8) is 0 Å². The zero-order valence-corrected chi connectivity index (χ0v) is 20.4. The van der Waals surface area contributed by atoms with E-state index in [2.05, 4.69) is 10.3 Å². The molecule has 7 nitrogen and oxygen atoms in total. The number of hydrogen-bond donors (Lipinski definition) is 3. The third kappa shape index (κ3) is 6.00. The van der Waals surface area contributed by atoms with Crippen molar-refractivity contribution < 1.29 is 19.4 Å². The molecule has 3 N–H and O–H groups in total. The van der Waals surface area contributed by atoms with Crippen LogP contribution in [0, 0.1) is 0 Å². The summed E-state index contributed by atoms with van der Waals surface area (Å²) in [4.78, 5) is 18.3. The molecule has 0 aliphatic carbocycles. The molecular weight excluding hydrogens is 466 g/mol. The van der Waals surface area contributed by atoms with Gasteiger partial charge in [0.1, 0.15) is 5.75 Å². The lowest BCUT2D eigenvalue weighted by atomic mass is 10.1. The smallest absolute Gasteiger partial charge is 0.322 e. The molecule has 3 aromatic carbocycles. The number of aromatic amines is 1. The number of anilines is 1. The van der Waals surface area contributed by atoms with Gasteiger partial charge in [-0.15, -0.1) is 0 Å². The molecule has 0 saturated heterocycles. The number of aromatic hydroxyl groups is 1. The Hall–Kier alpha value is -3.84. The van der Waals surface area contributed by atoms with E-state index < -0.39 is 0 Å². The quantitative estimate of drug-likeness (QED) is 0.258. The van der Waals surface area contributed by atoms with Crippen LogP contribution in [-0.2, 0) is 13.0 Å². The van der Waals surface area contributed by atoms with E-state index >= 15 is 0 Å². The maximum Gasteiger partial charge on any atom is 0.322 e. The Kier molecular flexibility index (Phi) is 7.67. The van der Waals surface area contributed by atoms with Crippen LogP contribution in [0.5, 0.6) is 17.2 Å². The summed E-state index contributed by atoms with van der Waals surface area (Å²) in [6.07, 6.45) is 2.59. The van der Waals surface area contributed by atoms with Gasteiger partial charge in [0.25, 0.3) is 0 Å². The van der Waals surface area contributed by atoms with Crippen molar-refractivity contribution in [1.82, 2.24) is 9.88 Å². The predicted octanol–water partition coefficient (Wildman–Crippen LogP) is 6.21. The van der Waals surface area contributed by atoms with Crippen LogP contribution < -0.4 is 14.8 Å². The fourth-order valence-electron chi connectivity index (χ4n) is 3.92. The Labute approximate surface area is 209 Å². The van der Waals surface area contributed by atoms with Gasteiger partial charge in [-0.25, -0.2) is 4.79 Å². The summed E-state index contributed by atoms with van der Waals surface area (Å²) >= 11 is 6.09. The number of halogens is 1. The zero-order chi connectivity index (χ0) is 24.8. The number of carbonyl (C=O) groups is 1. The normalized spacial score (nSPS) is 10.8. The monoisotopic (exact) mass is 493 g/mol. The van der Waals surface area contributed by atoms with E-state index in [1.54, 1.807) is 54.5 Å². The van der Waals surface area contributed by atoms with E-state index in [0.29, 0.717) is 42.6 Å². The molecule has 4 aromatic rings. The number of benzene rings is 3. The van der Waals surface area contributed by atoms with Gasteiger partial charge < -0.3 is 29.8 Å². The van der Waals surface area contributed by atoms with Gasteiger partial charge in [-0.2, -0.15) is 0 Å². The number of phenols is 1. The van der Waals surface area contributed by atoms with Crippen LogP contribution in [-0.4, -0.2) is 41.3 Å². The van der Waals surface area contributed by atoms with E-state index in [-0.39, 0.29) is 11.8 Å². The number of aromatic nitrogens is 1. The zero-order valence-electron chi connectivity index (χ0n) is 19.7. The molecule has 0 radical (unpaired) electrons. The summed E-state index contributed by atoms with van der Waals surface area (Å²) in [5.74, 6) is 1.24. The van der Waals surface area contributed by atoms with Crippen LogP contribution >= 0.6 is 11.6 Å². The molecule has 0 unspecified atom stereocenters. The number of nitrogens with one attached hydrogen (secondary N) is 2. The maximum absolute atomic E-state index is 13.3. The summed E-state index contributed by atoms with van der Waals surface area (Å²) in [6, 6.07) is 17.8. The Balaban J connectivity index is 1.57. The number of amides is 2. The highest BCUT2D eigenvalue weighted by Crippen LogP contribution is 2.28. The number of carbonyl (C=O) groups excluding carboxylic acids is 1. The molecule has 182 valence electrons. The molecule has 35 heavy (non-hydrogen) atoms. The SMILES string of the molecule is CCOc1cc(CN(CCc2c[nH]c3ccc(OC)cc23)C(=O)Nc2cccc(Cl)c2)ccc1O. The first-order valence-electron chi connectivity index (χ1n) is 11.4. The van der Waals surface area contributed by atoms with Crippen molar-refractivity contribution in [2.75, 3.05) is 25.6 Å². The van der Waals surface area contributed by atoms with Crippen molar-refractivity contribution >= 4 is 34.2 Å². The topological polar surface area (TPSA) is 86.8 Å². The highest BCUT2D eigenvalue weighted by Gasteiger charge is 2.17. The third-order valence-corrected chi connectivity index (χ3v) is 5.92. The van der Waals surface area contributed by atoms with E-state index in [1.807, 2.05) is 31.3 Å². The van der Waals surface area contributed by atoms with Crippen LogP contribution in [0.1, 0.15) is 18.1 Å². The molecule has 0 bridgehead atoms. The van der Waals surface area contributed by atoms with E-state index in [9.17, 15) is 9.90 Å². The first kappa shape index (κ1) is 24.3. The predicted molar refractivity (Wildman–Crippen MR) is 139 cm³/mol. The van der Waals surface area contributed by atoms with Crippen LogP contribution in [0.2, 0.25) is 5.02 Å². The van der Waals surface area contributed by atoms with Gasteiger partial charge in [0.15, 0.2) is 11.5 Å². The molecule has 0 saturated carbocycles. The van der Waals surface area contributed by atoms with E-state index in [0.717, 1.165) is 27.8 Å². The van der Waals surface area contributed by atoms with Gasteiger partial charge >= 0.3 is 6.03 Å². The van der Waals surface area contributed by atoms with Crippen molar-refractivity contribution in [1.29, 1.82) is 0 Å². The van der Waals surface area contributed by atoms with Crippen LogP contribution in [0.25, 0.3) is 10.9 Å². The van der Waals surface area contributed by atoms with Gasteiger partial charge in [-0.3, -0.25) is 0 Å². The Morgan fingerprint density at radius 1 is 1.14 bits per heavy atom. The van der Waals surface area contributed by atoms with E-state index in [1.165, 1.54) is 0 Å². The van der Waals surface area contributed by atoms with Gasteiger partial charge in [0, 0.05) is 40.9 Å². The average Bonchev–Trinajstić information content (AvgIpc) is 3.25. The number of ether oxygens (including phenoxy) is 2. The highest BCUT2D eigenvalue weighted by atomic mass is 35.5. The van der Waals surface area contributed by atoms with Gasteiger partial charge in [-0.1, -0.05) is 23.7 Å². The minimum atomic E-state index is -0.254. The number of hydrogen-bond acceptors (Lipinski definition) is 4. The number of rotatable bonds is 9. The first-order valence-corrected chi connectivity index (χ1v) is 11.7. The molecule has 4 rings (SSSR count). The minimum absolute atomic E-state index is 0.0678. The van der Waals surface area contributed by atoms with Crippen molar-refractivity contribution in [3.05, 3.63) is 83.0 Å². The molecule has 0 spiro atoms. The average molecular weight is 494 g/mol. The summed E-state index contributed by atoms with van der Waals surface area (Å²) < 4.78 is 10.9. The Morgan fingerprint density at radius 3 is 2.77 bits per heavy atom. The summed E-state index contributed by atoms with van der Waals surface area (Å²) in [7, 11) is 1.64.